The van der Waals surface area contributed by atoms with Crippen LogP contribution in [0.1, 0.15) is 50.3 Å². The van der Waals surface area contributed by atoms with E-state index in [2.05, 4.69) is 50.0 Å². The number of hydrogen-bond donors (Lipinski definition) is 1. The second kappa shape index (κ2) is 8.45. The van der Waals surface area contributed by atoms with E-state index in [0.29, 0.717) is 18.0 Å². The predicted octanol–water partition coefficient (Wildman–Crippen LogP) is 3.96. The van der Waals surface area contributed by atoms with E-state index in [1.807, 2.05) is 6.20 Å². The number of morpholine rings is 1. The summed E-state index contributed by atoms with van der Waals surface area (Å²) in [5.41, 5.74) is 3.32. The average molecular weight is 433 g/mol. The summed E-state index contributed by atoms with van der Waals surface area (Å²) in [6.45, 7) is 3.93. The van der Waals surface area contributed by atoms with Crippen LogP contribution in [0.2, 0.25) is 0 Å². The number of nitrogens with one attached hydrogen (secondary N) is 1. The molecule has 1 N–H and O–H groups in total. The van der Waals surface area contributed by atoms with Crippen LogP contribution in [0, 0.1) is 0 Å². The lowest BCUT2D eigenvalue weighted by atomic mass is 9.90. The zero-order valence-electron chi connectivity index (χ0n) is 18.8. The topological polar surface area (TPSA) is 68.1 Å². The van der Waals surface area contributed by atoms with Crippen LogP contribution in [0.25, 0.3) is 22.2 Å². The molecule has 1 aliphatic heterocycles. The molecule has 2 aliphatic carbocycles. The van der Waals surface area contributed by atoms with E-state index < -0.39 is 0 Å². The summed E-state index contributed by atoms with van der Waals surface area (Å²) in [5.74, 6) is 2.80. The van der Waals surface area contributed by atoms with Crippen molar-refractivity contribution in [2.75, 3.05) is 31.6 Å². The minimum absolute atomic E-state index is 0.465. The summed E-state index contributed by atoms with van der Waals surface area (Å²) >= 11 is 0. The van der Waals surface area contributed by atoms with Crippen molar-refractivity contribution >= 4 is 16.7 Å². The molecule has 168 valence electrons. The minimum Gasteiger partial charge on any atom is -0.379 e. The number of ether oxygens (including phenoxy) is 1. The normalized spacial score (nSPS) is 24.7. The lowest BCUT2D eigenvalue weighted by Crippen LogP contribution is -2.46. The molecule has 0 atom stereocenters. The van der Waals surface area contributed by atoms with Gasteiger partial charge in [0, 0.05) is 49.1 Å². The summed E-state index contributed by atoms with van der Waals surface area (Å²) in [6, 6.07) is 7.66. The Balaban J connectivity index is 1.20. The maximum atomic E-state index is 5.52. The minimum atomic E-state index is 0.465. The van der Waals surface area contributed by atoms with Crippen LogP contribution in [0.4, 0.5) is 5.82 Å². The van der Waals surface area contributed by atoms with Gasteiger partial charge in [0.05, 0.1) is 30.6 Å². The number of fused-ring (bicyclic) bond motifs is 1. The van der Waals surface area contributed by atoms with E-state index in [0.717, 1.165) is 48.7 Å². The first-order chi connectivity index (χ1) is 15.8. The second-order valence-corrected chi connectivity index (χ2v) is 9.59. The van der Waals surface area contributed by atoms with Gasteiger partial charge in [0.25, 0.3) is 0 Å². The molecule has 6 rings (SSSR count). The fourth-order valence-corrected chi connectivity index (χ4v) is 5.47. The van der Waals surface area contributed by atoms with Crippen molar-refractivity contribution in [2.24, 2.45) is 7.05 Å². The highest BCUT2D eigenvalue weighted by molar-refractivity contribution is 5.92. The number of nitrogens with zero attached hydrogens (tertiary/aromatic N) is 5. The molecule has 1 saturated heterocycles. The summed E-state index contributed by atoms with van der Waals surface area (Å²) in [4.78, 5) is 16.5. The second-order valence-electron chi connectivity index (χ2n) is 9.59. The third kappa shape index (κ3) is 3.88. The molecule has 7 nitrogen and oxygen atoms in total. The molecular weight excluding hydrogens is 400 g/mol. The van der Waals surface area contributed by atoms with Gasteiger partial charge < -0.3 is 14.6 Å². The van der Waals surface area contributed by atoms with Crippen LogP contribution >= 0.6 is 0 Å². The van der Waals surface area contributed by atoms with Crippen molar-refractivity contribution in [1.82, 2.24) is 24.4 Å². The zero-order valence-corrected chi connectivity index (χ0v) is 18.8. The van der Waals surface area contributed by atoms with Crippen LogP contribution in [0.15, 0.2) is 30.7 Å². The molecule has 3 fully saturated rings. The third-order valence-electron chi connectivity index (χ3n) is 7.50. The maximum absolute atomic E-state index is 5.52. The Bertz CT molecular complexity index is 1090. The summed E-state index contributed by atoms with van der Waals surface area (Å²) in [5, 5.41) is 4.85. The van der Waals surface area contributed by atoms with E-state index in [1.165, 1.54) is 49.9 Å². The van der Waals surface area contributed by atoms with Crippen molar-refractivity contribution in [3.63, 3.8) is 0 Å². The average Bonchev–Trinajstić information content (AvgIpc) is 3.61. The monoisotopic (exact) mass is 432 g/mol. The van der Waals surface area contributed by atoms with E-state index in [1.54, 1.807) is 6.33 Å². The lowest BCUT2D eigenvalue weighted by molar-refractivity contribution is 0.00791. The molecule has 0 unspecified atom stereocenters. The standard InChI is InChI=1S/C25H32N6O/c1-30-23(15-26-25(30)17-2-3-17)18-4-9-22-21(14-18)24(28-16-27-22)29-19-5-7-20(8-6-19)31-10-12-32-13-11-31/h4,9,14-17,19-20H,2-3,5-8,10-13H2,1H3,(H,27,28,29). The van der Waals surface area contributed by atoms with Gasteiger partial charge in [-0.3, -0.25) is 4.90 Å². The molecule has 7 heteroatoms. The van der Waals surface area contributed by atoms with Gasteiger partial charge in [-0.25, -0.2) is 15.0 Å². The van der Waals surface area contributed by atoms with E-state index in [9.17, 15) is 0 Å². The Morgan fingerprint density at radius 2 is 1.78 bits per heavy atom. The van der Waals surface area contributed by atoms with Gasteiger partial charge in [0.15, 0.2) is 0 Å². The van der Waals surface area contributed by atoms with Gasteiger partial charge in [0.1, 0.15) is 18.0 Å². The molecular formula is C25H32N6O. The van der Waals surface area contributed by atoms with Gasteiger partial charge >= 0.3 is 0 Å². The van der Waals surface area contributed by atoms with Crippen LogP contribution in [0.5, 0.6) is 0 Å². The van der Waals surface area contributed by atoms with Crippen molar-refractivity contribution in [1.29, 1.82) is 0 Å². The van der Waals surface area contributed by atoms with Crippen molar-refractivity contribution in [3.05, 3.63) is 36.5 Å². The molecule has 0 spiro atoms. The first-order valence-corrected chi connectivity index (χ1v) is 12.1. The fourth-order valence-electron chi connectivity index (χ4n) is 5.47. The van der Waals surface area contributed by atoms with Gasteiger partial charge in [0.2, 0.25) is 0 Å². The van der Waals surface area contributed by atoms with Crippen LogP contribution in [-0.2, 0) is 11.8 Å². The SMILES string of the molecule is Cn1c(-c2ccc3ncnc(NC4CCC(N5CCOCC5)CC4)c3c2)cnc1C1CC1. The highest BCUT2D eigenvalue weighted by Gasteiger charge is 2.29. The number of aromatic nitrogens is 4. The van der Waals surface area contributed by atoms with E-state index in [4.69, 9.17) is 9.72 Å². The summed E-state index contributed by atoms with van der Waals surface area (Å²) in [6.07, 6.45) is 11.1. The van der Waals surface area contributed by atoms with Crippen molar-refractivity contribution in [2.45, 2.75) is 56.5 Å². The fraction of sp³-hybridized carbons (Fsp3) is 0.560. The highest BCUT2D eigenvalue weighted by atomic mass is 16.5. The smallest absolute Gasteiger partial charge is 0.137 e. The number of anilines is 1. The lowest BCUT2D eigenvalue weighted by Gasteiger charge is -2.39. The highest BCUT2D eigenvalue weighted by Crippen LogP contribution is 2.40. The number of imidazole rings is 1. The Labute approximate surface area is 189 Å². The van der Waals surface area contributed by atoms with Crippen molar-refractivity contribution in [3.8, 4) is 11.3 Å². The first kappa shape index (κ1) is 20.1. The predicted molar refractivity (Wildman–Crippen MR) is 126 cm³/mol. The third-order valence-corrected chi connectivity index (χ3v) is 7.50. The molecule has 1 aromatic carbocycles. The Morgan fingerprint density at radius 1 is 0.969 bits per heavy atom. The number of hydrogen-bond acceptors (Lipinski definition) is 6. The van der Waals surface area contributed by atoms with E-state index >= 15 is 0 Å². The molecule has 0 bridgehead atoms. The Morgan fingerprint density at radius 3 is 2.56 bits per heavy atom. The molecule has 2 saturated carbocycles. The molecule has 3 aromatic rings. The number of benzene rings is 1. The molecule has 0 amide bonds. The summed E-state index contributed by atoms with van der Waals surface area (Å²) < 4.78 is 7.78. The summed E-state index contributed by atoms with van der Waals surface area (Å²) in [7, 11) is 2.13. The molecule has 0 radical (unpaired) electrons. The maximum Gasteiger partial charge on any atom is 0.137 e. The molecule has 3 heterocycles. The van der Waals surface area contributed by atoms with Crippen LogP contribution in [-0.4, -0.2) is 62.8 Å². The van der Waals surface area contributed by atoms with Crippen LogP contribution in [0.3, 0.4) is 0 Å². The quantitative estimate of drug-likeness (QED) is 0.658. The van der Waals surface area contributed by atoms with Gasteiger partial charge in [-0.05, 0) is 50.7 Å². The Hall–Kier alpha value is -2.51. The van der Waals surface area contributed by atoms with E-state index in [-0.39, 0.29) is 0 Å². The number of rotatable bonds is 5. The first-order valence-electron chi connectivity index (χ1n) is 12.1. The largest absolute Gasteiger partial charge is 0.379 e. The van der Waals surface area contributed by atoms with Crippen molar-refractivity contribution < 1.29 is 4.74 Å². The molecule has 3 aliphatic rings. The Kier molecular flexibility index (Phi) is 5.31. The van der Waals surface area contributed by atoms with Gasteiger partial charge in [-0.15, -0.1) is 0 Å². The van der Waals surface area contributed by atoms with Gasteiger partial charge in [-0.1, -0.05) is 6.07 Å². The zero-order chi connectivity index (χ0) is 21.5. The van der Waals surface area contributed by atoms with Crippen LogP contribution < -0.4 is 5.32 Å². The van der Waals surface area contributed by atoms with Gasteiger partial charge in [-0.2, -0.15) is 0 Å². The molecule has 32 heavy (non-hydrogen) atoms. The molecule has 2 aromatic heterocycles.